The molecular weight excluding hydrogens is 254 g/mol. The minimum Gasteiger partial charge on any atom is -0.507 e. The molecule has 0 heterocycles. The average Bonchev–Trinajstić information content (AvgIpc) is 2.19. The van der Waals surface area contributed by atoms with Crippen LogP contribution in [0.4, 0.5) is 5.69 Å². The van der Waals surface area contributed by atoms with E-state index in [-0.39, 0.29) is 5.75 Å². The van der Waals surface area contributed by atoms with E-state index in [2.05, 4.69) is 34.1 Å². The van der Waals surface area contributed by atoms with Crippen molar-refractivity contribution in [2.24, 2.45) is 0 Å². The summed E-state index contributed by atoms with van der Waals surface area (Å²) in [6, 6.07) is 9.86. The molecule has 0 unspecified atom stereocenters. The Morgan fingerprint density at radius 2 is 1.80 bits per heavy atom. The number of phenols is 1. The van der Waals surface area contributed by atoms with E-state index in [0.29, 0.717) is 0 Å². The van der Waals surface area contributed by atoms with Gasteiger partial charge in [0.1, 0.15) is 5.75 Å². The van der Waals surface area contributed by atoms with E-state index >= 15 is 0 Å². The third-order valence-corrected chi connectivity index (χ3v) is 3.04. The SMILES string of the molecule is CN(C)c1ccc2cc(Br)c(O)cc2c1. The van der Waals surface area contributed by atoms with Crippen LogP contribution < -0.4 is 4.90 Å². The van der Waals surface area contributed by atoms with E-state index < -0.39 is 0 Å². The van der Waals surface area contributed by atoms with Crippen LogP contribution in [0.15, 0.2) is 34.8 Å². The molecule has 0 aliphatic carbocycles. The Morgan fingerprint density at radius 3 is 2.47 bits per heavy atom. The van der Waals surface area contributed by atoms with Gasteiger partial charge >= 0.3 is 0 Å². The second-order valence-electron chi connectivity index (χ2n) is 3.73. The fourth-order valence-electron chi connectivity index (χ4n) is 1.52. The Hall–Kier alpha value is -1.22. The molecule has 0 spiro atoms. The van der Waals surface area contributed by atoms with Crippen molar-refractivity contribution >= 4 is 32.4 Å². The van der Waals surface area contributed by atoms with Crippen LogP contribution in [0.3, 0.4) is 0 Å². The fraction of sp³-hybridized carbons (Fsp3) is 0.167. The Bertz CT molecular complexity index is 508. The van der Waals surface area contributed by atoms with Crippen LogP contribution >= 0.6 is 15.9 Å². The van der Waals surface area contributed by atoms with Crippen molar-refractivity contribution in [3.05, 3.63) is 34.8 Å². The van der Waals surface area contributed by atoms with Crippen LogP contribution in [0.25, 0.3) is 10.8 Å². The number of aromatic hydroxyl groups is 1. The van der Waals surface area contributed by atoms with Crippen molar-refractivity contribution in [3.8, 4) is 5.75 Å². The van der Waals surface area contributed by atoms with Gasteiger partial charge in [-0.05, 0) is 51.0 Å². The minimum atomic E-state index is 0.276. The molecule has 3 heteroatoms. The van der Waals surface area contributed by atoms with Gasteiger partial charge in [-0.3, -0.25) is 0 Å². The molecule has 78 valence electrons. The summed E-state index contributed by atoms with van der Waals surface area (Å²) in [6.07, 6.45) is 0. The quantitative estimate of drug-likeness (QED) is 0.855. The maximum absolute atomic E-state index is 9.59. The monoisotopic (exact) mass is 265 g/mol. The van der Waals surface area contributed by atoms with Gasteiger partial charge in [0.2, 0.25) is 0 Å². The minimum absolute atomic E-state index is 0.276. The molecule has 1 N–H and O–H groups in total. The highest BCUT2D eigenvalue weighted by molar-refractivity contribution is 9.10. The van der Waals surface area contributed by atoms with Gasteiger partial charge in [0.05, 0.1) is 4.47 Å². The molecule has 2 nitrogen and oxygen atoms in total. The van der Waals surface area contributed by atoms with Gasteiger partial charge in [0.25, 0.3) is 0 Å². The van der Waals surface area contributed by atoms with Crippen LogP contribution in [0.2, 0.25) is 0 Å². The van der Waals surface area contributed by atoms with E-state index in [1.165, 1.54) is 0 Å². The lowest BCUT2D eigenvalue weighted by Gasteiger charge is -2.13. The summed E-state index contributed by atoms with van der Waals surface area (Å²) in [5.41, 5.74) is 1.13. The van der Waals surface area contributed by atoms with Gasteiger partial charge in [0, 0.05) is 19.8 Å². The van der Waals surface area contributed by atoms with Crippen LogP contribution in [0.1, 0.15) is 0 Å². The molecule has 0 aromatic heterocycles. The highest BCUT2D eigenvalue weighted by atomic mass is 79.9. The molecule has 0 amide bonds. The number of hydrogen-bond donors (Lipinski definition) is 1. The van der Waals surface area contributed by atoms with E-state index in [9.17, 15) is 5.11 Å². The highest BCUT2D eigenvalue weighted by Crippen LogP contribution is 2.31. The molecule has 0 aliphatic rings. The summed E-state index contributed by atoms with van der Waals surface area (Å²) in [6.45, 7) is 0. The number of benzene rings is 2. The van der Waals surface area contributed by atoms with Gasteiger partial charge < -0.3 is 10.0 Å². The van der Waals surface area contributed by atoms with Crippen molar-refractivity contribution in [1.82, 2.24) is 0 Å². The zero-order valence-electron chi connectivity index (χ0n) is 8.66. The van der Waals surface area contributed by atoms with Gasteiger partial charge in [-0.2, -0.15) is 0 Å². The topological polar surface area (TPSA) is 23.5 Å². The average molecular weight is 266 g/mol. The standard InChI is InChI=1S/C12H12BrNO/c1-14(2)10-4-3-8-6-11(13)12(15)7-9(8)5-10/h3-7,15H,1-2H3. The number of anilines is 1. The number of hydrogen-bond acceptors (Lipinski definition) is 2. The summed E-state index contributed by atoms with van der Waals surface area (Å²) in [5.74, 6) is 0.276. The Kier molecular flexibility index (Phi) is 2.57. The maximum atomic E-state index is 9.59. The molecule has 0 saturated heterocycles. The Balaban J connectivity index is 2.66. The number of nitrogens with zero attached hydrogens (tertiary/aromatic N) is 1. The van der Waals surface area contributed by atoms with Crippen molar-refractivity contribution in [3.63, 3.8) is 0 Å². The molecule has 0 aliphatic heterocycles. The predicted molar refractivity (Wildman–Crippen MR) is 67.6 cm³/mol. The lowest BCUT2D eigenvalue weighted by molar-refractivity contribution is 0.473. The summed E-state index contributed by atoms with van der Waals surface area (Å²) < 4.78 is 0.729. The highest BCUT2D eigenvalue weighted by Gasteiger charge is 2.02. The van der Waals surface area contributed by atoms with E-state index in [1.54, 1.807) is 6.07 Å². The van der Waals surface area contributed by atoms with E-state index in [1.807, 2.05) is 25.1 Å². The summed E-state index contributed by atoms with van der Waals surface area (Å²) >= 11 is 3.30. The Labute approximate surface area is 97.3 Å². The van der Waals surface area contributed by atoms with Gasteiger partial charge in [-0.25, -0.2) is 0 Å². The lowest BCUT2D eigenvalue weighted by Crippen LogP contribution is -2.07. The number of rotatable bonds is 1. The molecule has 0 radical (unpaired) electrons. The zero-order chi connectivity index (χ0) is 11.0. The molecule has 0 saturated carbocycles. The van der Waals surface area contributed by atoms with E-state index in [0.717, 1.165) is 20.9 Å². The molecular formula is C12H12BrNO. The molecule has 0 fully saturated rings. The van der Waals surface area contributed by atoms with Crippen LogP contribution in [0, 0.1) is 0 Å². The summed E-state index contributed by atoms with van der Waals surface area (Å²) in [7, 11) is 4.00. The third kappa shape index (κ3) is 1.92. The van der Waals surface area contributed by atoms with Crippen molar-refractivity contribution in [2.45, 2.75) is 0 Å². The first kappa shape index (κ1) is 10.3. The fourth-order valence-corrected chi connectivity index (χ4v) is 1.88. The van der Waals surface area contributed by atoms with Gasteiger partial charge in [0.15, 0.2) is 0 Å². The first-order valence-corrected chi connectivity index (χ1v) is 5.47. The first-order valence-electron chi connectivity index (χ1n) is 4.67. The molecule has 0 bridgehead atoms. The van der Waals surface area contributed by atoms with Crippen molar-refractivity contribution in [1.29, 1.82) is 0 Å². The van der Waals surface area contributed by atoms with Gasteiger partial charge in [-0.15, -0.1) is 0 Å². The van der Waals surface area contributed by atoms with E-state index in [4.69, 9.17) is 0 Å². The molecule has 2 aromatic rings. The molecule has 2 rings (SSSR count). The third-order valence-electron chi connectivity index (χ3n) is 2.41. The Morgan fingerprint density at radius 1 is 1.07 bits per heavy atom. The largest absolute Gasteiger partial charge is 0.507 e. The zero-order valence-corrected chi connectivity index (χ0v) is 10.2. The van der Waals surface area contributed by atoms with Crippen LogP contribution in [-0.4, -0.2) is 19.2 Å². The smallest absolute Gasteiger partial charge is 0.130 e. The van der Waals surface area contributed by atoms with Crippen LogP contribution in [-0.2, 0) is 0 Å². The predicted octanol–water partition coefficient (Wildman–Crippen LogP) is 3.37. The van der Waals surface area contributed by atoms with Gasteiger partial charge in [-0.1, -0.05) is 6.07 Å². The number of fused-ring (bicyclic) bond motifs is 1. The van der Waals surface area contributed by atoms with Crippen LogP contribution in [0.5, 0.6) is 5.75 Å². The number of phenolic OH excluding ortho intramolecular Hbond substituents is 1. The van der Waals surface area contributed by atoms with Crippen molar-refractivity contribution < 1.29 is 5.11 Å². The first-order chi connectivity index (χ1) is 7.08. The summed E-state index contributed by atoms with van der Waals surface area (Å²) in [5, 5.41) is 11.7. The lowest BCUT2D eigenvalue weighted by atomic mass is 10.1. The molecule has 15 heavy (non-hydrogen) atoms. The van der Waals surface area contributed by atoms with Crippen molar-refractivity contribution in [2.75, 3.05) is 19.0 Å². The second kappa shape index (κ2) is 3.74. The number of halogens is 1. The normalized spacial score (nSPS) is 10.6. The maximum Gasteiger partial charge on any atom is 0.130 e. The molecule has 0 atom stereocenters. The molecule has 2 aromatic carbocycles. The second-order valence-corrected chi connectivity index (χ2v) is 4.58. The summed E-state index contributed by atoms with van der Waals surface area (Å²) in [4.78, 5) is 2.04.